The lowest BCUT2D eigenvalue weighted by molar-refractivity contribution is 0.512. The molecule has 2 nitrogen and oxygen atoms in total. The van der Waals surface area contributed by atoms with Gasteiger partial charge in [-0.2, -0.15) is 0 Å². The molecular formula is C11H19NOSi. The minimum atomic E-state index is -2.34. The van der Waals surface area contributed by atoms with E-state index in [0.29, 0.717) is 11.1 Å². The van der Waals surface area contributed by atoms with Crippen LogP contribution in [0.1, 0.15) is 27.7 Å². The molecule has 0 bridgehead atoms. The van der Waals surface area contributed by atoms with Crippen molar-refractivity contribution in [3.05, 3.63) is 24.5 Å². The van der Waals surface area contributed by atoms with Crippen LogP contribution in [0.4, 0.5) is 0 Å². The van der Waals surface area contributed by atoms with Crippen molar-refractivity contribution in [3.8, 4) is 0 Å². The molecule has 0 aliphatic rings. The van der Waals surface area contributed by atoms with Crippen LogP contribution in [0.3, 0.4) is 0 Å². The highest BCUT2D eigenvalue weighted by atomic mass is 28.4. The van der Waals surface area contributed by atoms with Crippen molar-refractivity contribution in [1.29, 1.82) is 0 Å². The maximum absolute atomic E-state index is 10.7. The van der Waals surface area contributed by atoms with E-state index >= 15 is 0 Å². The van der Waals surface area contributed by atoms with Crippen molar-refractivity contribution in [1.82, 2.24) is 4.98 Å². The van der Waals surface area contributed by atoms with Gasteiger partial charge in [-0.15, -0.1) is 0 Å². The molecule has 3 heteroatoms. The number of pyridine rings is 1. The molecule has 0 saturated carbocycles. The first-order chi connectivity index (χ1) is 6.49. The smallest absolute Gasteiger partial charge is 0.226 e. The van der Waals surface area contributed by atoms with Gasteiger partial charge in [0.05, 0.1) is 0 Å². The van der Waals surface area contributed by atoms with Gasteiger partial charge in [-0.3, -0.25) is 4.98 Å². The van der Waals surface area contributed by atoms with Gasteiger partial charge in [-0.1, -0.05) is 33.8 Å². The molecule has 1 rings (SSSR count). The Morgan fingerprint density at radius 1 is 1.21 bits per heavy atom. The highest BCUT2D eigenvalue weighted by Gasteiger charge is 2.40. The topological polar surface area (TPSA) is 33.1 Å². The number of rotatable bonds is 3. The molecule has 0 amide bonds. The van der Waals surface area contributed by atoms with Gasteiger partial charge in [0.2, 0.25) is 8.32 Å². The summed E-state index contributed by atoms with van der Waals surface area (Å²) in [6, 6.07) is 3.90. The normalized spacial score (nSPS) is 12.5. The number of hydrogen-bond acceptors (Lipinski definition) is 2. The molecule has 78 valence electrons. The number of hydrogen-bond donors (Lipinski definition) is 1. The zero-order valence-electron chi connectivity index (χ0n) is 9.36. The van der Waals surface area contributed by atoms with Crippen LogP contribution in [0.5, 0.6) is 0 Å². The summed E-state index contributed by atoms with van der Waals surface area (Å²) < 4.78 is 0. The fourth-order valence-corrected chi connectivity index (χ4v) is 5.24. The molecule has 1 aromatic heterocycles. The molecule has 0 fully saturated rings. The first-order valence-electron chi connectivity index (χ1n) is 5.12. The van der Waals surface area contributed by atoms with Crippen LogP contribution < -0.4 is 5.19 Å². The highest BCUT2D eigenvalue weighted by molar-refractivity contribution is 6.87. The monoisotopic (exact) mass is 209 g/mol. The first kappa shape index (κ1) is 11.4. The van der Waals surface area contributed by atoms with Crippen LogP contribution in [-0.4, -0.2) is 18.1 Å². The summed E-state index contributed by atoms with van der Waals surface area (Å²) in [7, 11) is -2.34. The SMILES string of the molecule is CC(C)[Si](O)(c1cccnc1)C(C)C. The fourth-order valence-electron chi connectivity index (χ4n) is 1.93. The second kappa shape index (κ2) is 4.23. The van der Waals surface area contributed by atoms with E-state index < -0.39 is 8.32 Å². The Bertz CT molecular complexity index is 277. The zero-order valence-corrected chi connectivity index (χ0v) is 10.4. The molecule has 0 saturated heterocycles. The van der Waals surface area contributed by atoms with Gasteiger partial charge in [0.1, 0.15) is 0 Å². The van der Waals surface area contributed by atoms with Crippen molar-refractivity contribution < 1.29 is 4.80 Å². The quantitative estimate of drug-likeness (QED) is 0.773. The van der Waals surface area contributed by atoms with Crippen LogP contribution in [0.15, 0.2) is 24.5 Å². The van der Waals surface area contributed by atoms with E-state index in [-0.39, 0.29) is 0 Å². The Morgan fingerprint density at radius 3 is 2.14 bits per heavy atom. The second-order valence-electron chi connectivity index (χ2n) is 4.38. The summed E-state index contributed by atoms with van der Waals surface area (Å²) in [5.74, 6) is 0. The van der Waals surface area contributed by atoms with E-state index in [1.54, 1.807) is 6.20 Å². The molecule has 0 aromatic carbocycles. The van der Waals surface area contributed by atoms with Gasteiger partial charge in [0, 0.05) is 12.4 Å². The largest absolute Gasteiger partial charge is 0.427 e. The molecule has 1 aromatic rings. The summed E-state index contributed by atoms with van der Waals surface area (Å²) in [4.78, 5) is 14.8. The lowest BCUT2D eigenvalue weighted by atomic mass is 10.5. The first-order valence-corrected chi connectivity index (χ1v) is 7.22. The Balaban J connectivity index is 3.13. The van der Waals surface area contributed by atoms with Gasteiger partial charge in [-0.05, 0) is 22.3 Å². The zero-order chi connectivity index (χ0) is 10.8. The Hall–Kier alpha value is -0.673. The van der Waals surface area contributed by atoms with E-state index in [1.165, 1.54) is 0 Å². The summed E-state index contributed by atoms with van der Waals surface area (Å²) >= 11 is 0. The average Bonchev–Trinajstić information content (AvgIpc) is 2.17. The van der Waals surface area contributed by atoms with Crippen LogP contribution in [0.2, 0.25) is 11.1 Å². The molecule has 0 aliphatic carbocycles. The molecule has 1 N–H and O–H groups in total. The summed E-state index contributed by atoms with van der Waals surface area (Å²) in [5, 5.41) is 1.05. The van der Waals surface area contributed by atoms with E-state index in [2.05, 4.69) is 32.7 Å². The van der Waals surface area contributed by atoms with Gasteiger partial charge < -0.3 is 4.80 Å². The molecular weight excluding hydrogens is 190 g/mol. The third kappa shape index (κ3) is 1.88. The van der Waals surface area contributed by atoms with Crippen LogP contribution in [0, 0.1) is 0 Å². The van der Waals surface area contributed by atoms with Crippen molar-refractivity contribution in [2.24, 2.45) is 0 Å². The lowest BCUT2D eigenvalue weighted by Crippen LogP contribution is -2.53. The van der Waals surface area contributed by atoms with Crippen LogP contribution in [0.25, 0.3) is 0 Å². The Morgan fingerprint density at radius 2 is 1.79 bits per heavy atom. The molecule has 0 atom stereocenters. The maximum atomic E-state index is 10.7. The van der Waals surface area contributed by atoms with Gasteiger partial charge >= 0.3 is 0 Å². The predicted molar refractivity (Wildman–Crippen MR) is 62.0 cm³/mol. The molecule has 1 heterocycles. The van der Waals surface area contributed by atoms with E-state index in [0.717, 1.165) is 5.19 Å². The van der Waals surface area contributed by atoms with Gasteiger partial charge in [-0.25, -0.2) is 0 Å². The Kier molecular flexibility index (Phi) is 3.45. The standard InChI is InChI=1S/C11H19NOSi/c1-9(2)14(13,10(3)4)11-6-5-7-12-8-11/h5-10,13H,1-4H3. The number of nitrogens with zero attached hydrogens (tertiary/aromatic N) is 1. The minimum absolute atomic E-state index is 0.326. The minimum Gasteiger partial charge on any atom is -0.427 e. The van der Waals surface area contributed by atoms with Crippen molar-refractivity contribution in [3.63, 3.8) is 0 Å². The Labute approximate surface area is 87.1 Å². The summed E-state index contributed by atoms with van der Waals surface area (Å²) in [5.41, 5.74) is 0.651. The molecule has 0 aliphatic heterocycles. The van der Waals surface area contributed by atoms with E-state index in [4.69, 9.17) is 0 Å². The van der Waals surface area contributed by atoms with E-state index in [9.17, 15) is 4.80 Å². The molecule has 0 spiro atoms. The van der Waals surface area contributed by atoms with Crippen molar-refractivity contribution >= 4 is 13.5 Å². The third-order valence-corrected chi connectivity index (χ3v) is 7.63. The van der Waals surface area contributed by atoms with Crippen molar-refractivity contribution in [2.45, 2.75) is 38.8 Å². The third-order valence-electron chi connectivity index (χ3n) is 2.88. The van der Waals surface area contributed by atoms with E-state index in [1.807, 2.05) is 18.3 Å². The predicted octanol–water partition coefficient (Wildman–Crippen LogP) is 2.05. The molecule has 0 radical (unpaired) electrons. The number of aromatic nitrogens is 1. The van der Waals surface area contributed by atoms with Crippen molar-refractivity contribution in [2.75, 3.05) is 0 Å². The molecule has 14 heavy (non-hydrogen) atoms. The second-order valence-corrected chi connectivity index (χ2v) is 8.91. The lowest BCUT2D eigenvalue weighted by Gasteiger charge is -2.33. The van der Waals surface area contributed by atoms with Crippen LogP contribution >= 0.6 is 0 Å². The molecule has 0 unspecified atom stereocenters. The highest BCUT2D eigenvalue weighted by Crippen LogP contribution is 2.28. The van der Waals surface area contributed by atoms with Crippen LogP contribution in [-0.2, 0) is 0 Å². The summed E-state index contributed by atoms with van der Waals surface area (Å²) in [6.07, 6.45) is 3.56. The van der Waals surface area contributed by atoms with Gasteiger partial charge in [0.15, 0.2) is 0 Å². The maximum Gasteiger partial charge on any atom is 0.226 e. The summed E-state index contributed by atoms with van der Waals surface area (Å²) in [6.45, 7) is 8.39. The average molecular weight is 209 g/mol. The fraction of sp³-hybridized carbons (Fsp3) is 0.545. The van der Waals surface area contributed by atoms with Gasteiger partial charge in [0.25, 0.3) is 0 Å².